The van der Waals surface area contributed by atoms with Crippen LogP contribution in [0.4, 0.5) is 0 Å². The summed E-state index contributed by atoms with van der Waals surface area (Å²) in [5, 5.41) is 4.74. The van der Waals surface area contributed by atoms with Gasteiger partial charge in [-0.25, -0.2) is 4.98 Å². The third-order valence-electron chi connectivity index (χ3n) is 4.22. The van der Waals surface area contributed by atoms with Gasteiger partial charge in [0.05, 0.1) is 35.6 Å². The smallest absolute Gasteiger partial charge is 0.0962 e. The summed E-state index contributed by atoms with van der Waals surface area (Å²) in [6, 6.07) is 11.0. The SMILES string of the molecule is c1ccc2c(c1)ncn2Cc1ccn(C2CCCC2)n1. The van der Waals surface area contributed by atoms with Crippen LogP contribution in [0.1, 0.15) is 37.4 Å². The Morgan fingerprint density at radius 2 is 1.95 bits per heavy atom. The van der Waals surface area contributed by atoms with Crippen LogP contribution in [0, 0.1) is 0 Å². The molecule has 0 unspecified atom stereocenters. The van der Waals surface area contributed by atoms with E-state index in [0.717, 1.165) is 17.8 Å². The van der Waals surface area contributed by atoms with Gasteiger partial charge in [0, 0.05) is 6.20 Å². The number of para-hydroxylation sites is 2. The molecule has 4 rings (SSSR count). The zero-order valence-electron chi connectivity index (χ0n) is 11.4. The van der Waals surface area contributed by atoms with Crippen LogP contribution in [0.2, 0.25) is 0 Å². The largest absolute Gasteiger partial charge is 0.324 e. The van der Waals surface area contributed by atoms with Gasteiger partial charge >= 0.3 is 0 Å². The molecule has 3 aromatic rings. The number of nitrogens with zero attached hydrogens (tertiary/aromatic N) is 4. The number of aromatic nitrogens is 4. The topological polar surface area (TPSA) is 35.6 Å². The molecule has 20 heavy (non-hydrogen) atoms. The fraction of sp³-hybridized carbons (Fsp3) is 0.375. The van der Waals surface area contributed by atoms with Crippen LogP contribution >= 0.6 is 0 Å². The standard InChI is InChI=1S/C16H18N4/c1-2-6-14(5-1)20-10-9-13(18-20)11-19-12-17-15-7-3-4-8-16(15)19/h3-4,7-10,12,14H,1-2,5-6,11H2. The highest BCUT2D eigenvalue weighted by molar-refractivity contribution is 5.74. The van der Waals surface area contributed by atoms with Crippen LogP contribution in [0.3, 0.4) is 0 Å². The molecule has 0 amide bonds. The molecule has 2 heterocycles. The second kappa shape index (κ2) is 4.78. The number of hydrogen-bond donors (Lipinski definition) is 0. The minimum atomic E-state index is 0.614. The van der Waals surface area contributed by atoms with E-state index in [0.29, 0.717) is 6.04 Å². The zero-order chi connectivity index (χ0) is 13.4. The monoisotopic (exact) mass is 266 g/mol. The van der Waals surface area contributed by atoms with Gasteiger partial charge in [0.15, 0.2) is 0 Å². The highest BCUT2D eigenvalue weighted by atomic mass is 15.3. The van der Waals surface area contributed by atoms with E-state index in [-0.39, 0.29) is 0 Å². The Bertz CT molecular complexity index is 719. The first-order valence-electron chi connectivity index (χ1n) is 7.34. The quantitative estimate of drug-likeness (QED) is 0.728. The van der Waals surface area contributed by atoms with E-state index in [1.54, 1.807) is 0 Å². The van der Waals surface area contributed by atoms with E-state index < -0.39 is 0 Å². The van der Waals surface area contributed by atoms with Crippen molar-refractivity contribution in [3.05, 3.63) is 48.5 Å². The van der Waals surface area contributed by atoms with Crippen LogP contribution in [0.25, 0.3) is 11.0 Å². The van der Waals surface area contributed by atoms with Crippen LogP contribution in [0.5, 0.6) is 0 Å². The van der Waals surface area contributed by atoms with Crippen molar-refractivity contribution >= 4 is 11.0 Å². The second-order valence-electron chi connectivity index (χ2n) is 5.59. The first-order chi connectivity index (χ1) is 9.90. The van der Waals surface area contributed by atoms with E-state index >= 15 is 0 Å². The maximum absolute atomic E-state index is 4.74. The lowest BCUT2D eigenvalue weighted by molar-refractivity contribution is 0.462. The summed E-state index contributed by atoms with van der Waals surface area (Å²) in [5.74, 6) is 0. The van der Waals surface area contributed by atoms with Gasteiger partial charge in [-0.05, 0) is 31.0 Å². The number of imidazole rings is 1. The third-order valence-corrected chi connectivity index (χ3v) is 4.22. The first-order valence-corrected chi connectivity index (χ1v) is 7.34. The van der Waals surface area contributed by atoms with Crippen LogP contribution in [-0.4, -0.2) is 19.3 Å². The molecule has 4 nitrogen and oxygen atoms in total. The maximum Gasteiger partial charge on any atom is 0.0962 e. The van der Waals surface area contributed by atoms with Crippen molar-refractivity contribution in [2.75, 3.05) is 0 Å². The number of fused-ring (bicyclic) bond motifs is 1. The first kappa shape index (κ1) is 11.7. The molecule has 0 atom stereocenters. The van der Waals surface area contributed by atoms with Crippen molar-refractivity contribution in [3.63, 3.8) is 0 Å². The molecular weight excluding hydrogens is 248 g/mol. The van der Waals surface area contributed by atoms with Crippen LogP contribution in [0.15, 0.2) is 42.9 Å². The summed E-state index contributed by atoms with van der Waals surface area (Å²) in [4.78, 5) is 4.43. The Kier molecular flexibility index (Phi) is 2.80. The van der Waals surface area contributed by atoms with E-state index in [1.165, 1.54) is 31.2 Å². The minimum absolute atomic E-state index is 0.614. The molecule has 0 saturated heterocycles. The minimum Gasteiger partial charge on any atom is -0.324 e. The third kappa shape index (κ3) is 2.01. The molecule has 0 aliphatic heterocycles. The van der Waals surface area contributed by atoms with E-state index in [1.807, 2.05) is 18.5 Å². The number of benzene rings is 1. The fourth-order valence-corrected chi connectivity index (χ4v) is 3.14. The molecule has 0 radical (unpaired) electrons. The van der Waals surface area contributed by atoms with Crippen LogP contribution in [-0.2, 0) is 6.54 Å². The molecule has 0 spiro atoms. The Balaban J connectivity index is 1.59. The molecule has 1 aliphatic rings. The number of hydrogen-bond acceptors (Lipinski definition) is 2. The van der Waals surface area contributed by atoms with Gasteiger partial charge < -0.3 is 4.57 Å². The predicted octanol–water partition coefficient (Wildman–Crippen LogP) is 3.40. The highest BCUT2D eigenvalue weighted by Gasteiger charge is 2.17. The highest BCUT2D eigenvalue weighted by Crippen LogP contribution is 2.28. The Morgan fingerprint density at radius 1 is 1.10 bits per heavy atom. The zero-order valence-corrected chi connectivity index (χ0v) is 11.4. The fourth-order valence-electron chi connectivity index (χ4n) is 3.14. The van der Waals surface area contributed by atoms with E-state index in [4.69, 9.17) is 5.10 Å². The summed E-state index contributed by atoms with van der Waals surface area (Å²) >= 11 is 0. The molecule has 1 aliphatic carbocycles. The van der Waals surface area contributed by atoms with Crippen molar-refractivity contribution < 1.29 is 0 Å². The molecule has 4 heteroatoms. The van der Waals surface area contributed by atoms with Gasteiger partial charge in [-0.1, -0.05) is 25.0 Å². The molecule has 1 saturated carbocycles. The average Bonchev–Trinajstić information content (AvgIpc) is 3.19. The lowest BCUT2D eigenvalue weighted by atomic mass is 10.3. The lowest BCUT2D eigenvalue weighted by Gasteiger charge is -2.09. The Labute approximate surface area is 118 Å². The molecule has 0 bridgehead atoms. The summed E-state index contributed by atoms with van der Waals surface area (Å²) in [6.45, 7) is 0.792. The summed E-state index contributed by atoms with van der Waals surface area (Å²) in [5.41, 5.74) is 3.32. The van der Waals surface area contributed by atoms with Gasteiger partial charge in [0.2, 0.25) is 0 Å². The second-order valence-corrected chi connectivity index (χ2v) is 5.59. The molecule has 0 N–H and O–H groups in total. The summed E-state index contributed by atoms with van der Waals surface area (Å²) < 4.78 is 4.32. The van der Waals surface area contributed by atoms with Gasteiger partial charge in [-0.3, -0.25) is 4.68 Å². The number of rotatable bonds is 3. The molecule has 1 aromatic carbocycles. The normalized spacial score (nSPS) is 16.2. The van der Waals surface area contributed by atoms with Crippen molar-refractivity contribution in [2.45, 2.75) is 38.3 Å². The molecule has 2 aromatic heterocycles. The van der Waals surface area contributed by atoms with E-state index in [2.05, 4.69) is 38.6 Å². The van der Waals surface area contributed by atoms with Crippen molar-refractivity contribution in [2.24, 2.45) is 0 Å². The van der Waals surface area contributed by atoms with Gasteiger partial charge in [-0.15, -0.1) is 0 Å². The van der Waals surface area contributed by atoms with E-state index in [9.17, 15) is 0 Å². The van der Waals surface area contributed by atoms with Gasteiger partial charge in [0.1, 0.15) is 0 Å². The maximum atomic E-state index is 4.74. The predicted molar refractivity (Wildman–Crippen MR) is 78.6 cm³/mol. The average molecular weight is 266 g/mol. The van der Waals surface area contributed by atoms with Crippen molar-refractivity contribution in [1.82, 2.24) is 19.3 Å². The Hall–Kier alpha value is -2.10. The van der Waals surface area contributed by atoms with Crippen molar-refractivity contribution in [1.29, 1.82) is 0 Å². The van der Waals surface area contributed by atoms with Crippen LogP contribution < -0.4 is 0 Å². The molecule has 1 fully saturated rings. The summed E-state index contributed by atoms with van der Waals surface area (Å²) in [7, 11) is 0. The van der Waals surface area contributed by atoms with Gasteiger partial charge in [0.25, 0.3) is 0 Å². The Morgan fingerprint density at radius 3 is 2.85 bits per heavy atom. The molecule has 102 valence electrons. The lowest BCUT2D eigenvalue weighted by Crippen LogP contribution is -2.06. The molecular formula is C16H18N4. The van der Waals surface area contributed by atoms with Crippen molar-refractivity contribution in [3.8, 4) is 0 Å². The summed E-state index contributed by atoms with van der Waals surface area (Å²) in [6.07, 6.45) is 9.26. The van der Waals surface area contributed by atoms with Gasteiger partial charge in [-0.2, -0.15) is 5.10 Å².